The van der Waals surface area contributed by atoms with Crippen LogP contribution >= 0.6 is 11.8 Å². The highest BCUT2D eigenvalue weighted by Gasteiger charge is 2.31. The Hall–Kier alpha value is -1.31. The molecule has 26 heavy (non-hydrogen) atoms. The fourth-order valence-corrected chi connectivity index (χ4v) is 5.83. The molecule has 1 aliphatic rings. The van der Waals surface area contributed by atoms with Crippen molar-refractivity contribution >= 4 is 21.6 Å². The Bertz CT molecular complexity index is 873. The number of thioether (sulfide) groups is 1. The summed E-state index contributed by atoms with van der Waals surface area (Å²) < 4.78 is 25.5. The lowest BCUT2D eigenvalue weighted by atomic mass is 10.1. The molecule has 0 radical (unpaired) electrons. The van der Waals surface area contributed by atoms with Crippen LogP contribution in [0.25, 0.3) is 0 Å². The largest absolute Gasteiger partial charge is 0.330 e. The molecule has 2 aromatic rings. The second kappa shape index (κ2) is 7.74. The van der Waals surface area contributed by atoms with Gasteiger partial charge >= 0.3 is 0 Å². The van der Waals surface area contributed by atoms with E-state index in [1.165, 1.54) is 20.9 Å². The fraction of sp³-hybridized carbons (Fsp3) is 0.526. The molecule has 0 amide bonds. The molecule has 3 rings (SSSR count). The second-order valence-electron chi connectivity index (χ2n) is 7.31. The molecule has 2 heterocycles. The molecule has 0 spiro atoms. The third kappa shape index (κ3) is 4.32. The number of quaternary nitrogens is 1. The summed E-state index contributed by atoms with van der Waals surface area (Å²) in [7, 11) is -0.708. The highest BCUT2D eigenvalue weighted by molar-refractivity contribution is 7.98. The van der Waals surface area contributed by atoms with Crippen molar-refractivity contribution in [2.24, 2.45) is 0 Å². The predicted molar refractivity (Wildman–Crippen MR) is 107 cm³/mol. The first-order valence-electron chi connectivity index (χ1n) is 8.98. The van der Waals surface area contributed by atoms with Crippen LogP contribution in [0.1, 0.15) is 35.0 Å². The molecular weight excluding hydrogens is 366 g/mol. The number of benzene rings is 1. The molecule has 0 aliphatic carbocycles. The zero-order chi connectivity index (χ0) is 18.9. The van der Waals surface area contributed by atoms with Crippen molar-refractivity contribution in [3.63, 3.8) is 0 Å². The summed E-state index contributed by atoms with van der Waals surface area (Å²) in [6, 6.07) is 8.72. The van der Waals surface area contributed by atoms with Crippen molar-refractivity contribution in [3.8, 4) is 0 Å². The van der Waals surface area contributed by atoms with Crippen molar-refractivity contribution in [2.75, 3.05) is 24.8 Å². The van der Waals surface area contributed by atoms with Crippen molar-refractivity contribution in [1.29, 1.82) is 0 Å². The van der Waals surface area contributed by atoms with Crippen LogP contribution in [-0.4, -0.2) is 43.0 Å². The van der Waals surface area contributed by atoms with E-state index in [4.69, 9.17) is 0 Å². The van der Waals surface area contributed by atoms with E-state index in [1.807, 2.05) is 11.6 Å². The Morgan fingerprint density at radius 3 is 2.50 bits per heavy atom. The molecule has 1 aromatic heterocycles. The van der Waals surface area contributed by atoms with Crippen LogP contribution in [0, 0.1) is 13.8 Å². The monoisotopic (exact) mass is 394 g/mol. The van der Waals surface area contributed by atoms with E-state index in [9.17, 15) is 8.42 Å². The Labute approximate surface area is 160 Å². The zero-order valence-electron chi connectivity index (χ0n) is 15.9. The maximum Gasteiger partial charge on any atom is 0.152 e. The quantitative estimate of drug-likeness (QED) is 0.759. The third-order valence-corrected chi connectivity index (χ3v) is 7.67. The summed E-state index contributed by atoms with van der Waals surface area (Å²) in [6.07, 6.45) is 2.76. The minimum absolute atomic E-state index is 0.00755. The lowest BCUT2D eigenvalue weighted by Gasteiger charge is -2.15. The summed E-state index contributed by atoms with van der Waals surface area (Å²) >= 11 is 1.76. The average molecular weight is 395 g/mol. The number of nitrogens with zero attached hydrogens (tertiary/aromatic N) is 2. The number of nitrogens with one attached hydrogen (secondary N) is 1. The van der Waals surface area contributed by atoms with E-state index in [0.717, 1.165) is 24.5 Å². The van der Waals surface area contributed by atoms with E-state index < -0.39 is 9.84 Å². The molecule has 1 unspecified atom stereocenters. The summed E-state index contributed by atoms with van der Waals surface area (Å²) in [6.45, 7) is 5.95. The van der Waals surface area contributed by atoms with Gasteiger partial charge in [-0.3, -0.25) is 4.68 Å². The smallest absolute Gasteiger partial charge is 0.152 e. The van der Waals surface area contributed by atoms with Gasteiger partial charge in [-0.05, 0) is 38.7 Å². The van der Waals surface area contributed by atoms with E-state index in [0.29, 0.717) is 6.42 Å². The van der Waals surface area contributed by atoms with Gasteiger partial charge in [-0.25, -0.2) is 8.42 Å². The summed E-state index contributed by atoms with van der Waals surface area (Å²) in [5.74, 6) is 0.501. The van der Waals surface area contributed by atoms with Crippen LogP contribution in [0.3, 0.4) is 0 Å². The van der Waals surface area contributed by atoms with Crippen molar-refractivity contribution in [3.05, 3.63) is 46.8 Å². The van der Waals surface area contributed by atoms with Crippen molar-refractivity contribution in [1.82, 2.24) is 9.78 Å². The predicted octanol–water partition coefficient (Wildman–Crippen LogP) is 1.80. The van der Waals surface area contributed by atoms with Gasteiger partial charge in [0, 0.05) is 16.2 Å². The molecular formula is C19H28N3O2S2+. The number of rotatable bonds is 6. The Morgan fingerprint density at radius 1 is 1.23 bits per heavy atom. The molecule has 2 atom stereocenters. The van der Waals surface area contributed by atoms with E-state index in [1.54, 1.807) is 11.8 Å². The molecule has 5 nitrogen and oxygen atoms in total. The lowest BCUT2D eigenvalue weighted by molar-refractivity contribution is -0.907. The fourth-order valence-electron chi connectivity index (χ4n) is 3.73. The lowest BCUT2D eigenvalue weighted by Crippen LogP contribution is -3.06. The van der Waals surface area contributed by atoms with E-state index in [2.05, 4.69) is 49.6 Å². The third-order valence-electron chi connectivity index (χ3n) is 5.17. The molecule has 1 N–H and O–H groups in total. The average Bonchev–Trinajstić information content (AvgIpc) is 3.09. The molecule has 0 saturated carbocycles. The maximum atomic E-state index is 11.8. The second-order valence-corrected chi connectivity index (χ2v) is 10.4. The van der Waals surface area contributed by atoms with Gasteiger partial charge in [0.25, 0.3) is 0 Å². The first-order valence-corrected chi connectivity index (χ1v) is 12.0. The summed E-state index contributed by atoms with van der Waals surface area (Å²) in [4.78, 5) is 2.68. The van der Waals surface area contributed by atoms with E-state index in [-0.39, 0.29) is 17.5 Å². The first kappa shape index (κ1) is 19.5. The molecule has 1 aromatic carbocycles. The molecule has 1 aliphatic heterocycles. The van der Waals surface area contributed by atoms with Gasteiger partial charge in [-0.1, -0.05) is 12.1 Å². The first-order chi connectivity index (χ1) is 12.3. The highest BCUT2D eigenvalue weighted by Crippen LogP contribution is 2.26. The van der Waals surface area contributed by atoms with Crippen molar-refractivity contribution in [2.45, 2.75) is 44.3 Å². The Kier molecular flexibility index (Phi) is 5.79. The van der Waals surface area contributed by atoms with Gasteiger partial charge in [-0.2, -0.15) is 5.10 Å². The normalized spacial score (nSPS) is 20.4. The molecule has 142 valence electrons. The minimum Gasteiger partial charge on any atom is -0.330 e. The zero-order valence-corrected chi connectivity index (χ0v) is 17.6. The van der Waals surface area contributed by atoms with Gasteiger partial charge in [0.2, 0.25) is 0 Å². The van der Waals surface area contributed by atoms with Crippen LogP contribution in [-0.2, 0) is 22.9 Å². The molecule has 1 fully saturated rings. The number of sulfone groups is 1. The van der Waals surface area contributed by atoms with Gasteiger partial charge in [0.15, 0.2) is 9.84 Å². The number of hydrogen-bond donors (Lipinski definition) is 1. The number of aromatic nitrogens is 2. The van der Waals surface area contributed by atoms with Gasteiger partial charge in [-0.15, -0.1) is 11.8 Å². The Morgan fingerprint density at radius 2 is 1.92 bits per heavy atom. The Balaban J connectivity index is 1.71. The summed E-state index contributed by atoms with van der Waals surface area (Å²) in [5, 5.41) is 4.68. The van der Waals surface area contributed by atoms with Gasteiger partial charge in [0.1, 0.15) is 13.1 Å². The topological polar surface area (TPSA) is 56.4 Å². The number of aryl methyl sites for hydroxylation is 1. The minimum atomic E-state index is -2.90. The van der Waals surface area contributed by atoms with Crippen LogP contribution < -0.4 is 4.90 Å². The van der Waals surface area contributed by atoms with Crippen LogP contribution in [0.2, 0.25) is 0 Å². The van der Waals surface area contributed by atoms with Crippen LogP contribution in [0.15, 0.2) is 29.2 Å². The molecule has 0 bridgehead atoms. The number of hydrogen-bond acceptors (Lipinski definition) is 4. The van der Waals surface area contributed by atoms with Crippen LogP contribution in [0.4, 0.5) is 0 Å². The molecule has 1 saturated heterocycles. The van der Waals surface area contributed by atoms with Gasteiger partial charge in [0.05, 0.1) is 35.9 Å². The highest BCUT2D eigenvalue weighted by atomic mass is 32.2. The van der Waals surface area contributed by atoms with Crippen molar-refractivity contribution < 1.29 is 13.3 Å². The van der Waals surface area contributed by atoms with Gasteiger partial charge < -0.3 is 4.90 Å². The standard InChI is InChI=1S/C19H27N3O2S2/c1-14-19(12-21(3)11-16-5-7-18(25-4)8-6-16)15(2)22(20-14)17-9-10-26(23,24)13-17/h5-8,17H,9-13H2,1-4H3/p+1/t17-/m0/s1. The SMILES string of the molecule is CSc1ccc(C[NH+](C)Cc2c(C)nn([C@H]3CCS(=O)(=O)C3)c2C)cc1. The van der Waals surface area contributed by atoms with Crippen LogP contribution in [0.5, 0.6) is 0 Å². The van der Waals surface area contributed by atoms with E-state index >= 15 is 0 Å². The molecule has 7 heteroatoms. The maximum absolute atomic E-state index is 11.8. The summed E-state index contributed by atoms with van der Waals surface area (Å²) in [5.41, 5.74) is 4.70.